The molecule has 2 aliphatic rings. The first-order valence-corrected chi connectivity index (χ1v) is 7.78. The van der Waals surface area contributed by atoms with E-state index in [4.69, 9.17) is 11.2 Å². The summed E-state index contributed by atoms with van der Waals surface area (Å²) < 4.78 is 4.45. The molecule has 0 aromatic rings. The van der Waals surface area contributed by atoms with Gasteiger partial charge in [-0.05, 0) is 44.8 Å². The van der Waals surface area contributed by atoms with Gasteiger partial charge in [0.1, 0.15) is 10.1 Å². The highest BCUT2D eigenvalue weighted by Crippen LogP contribution is 2.40. The monoisotopic (exact) mass is 350 g/mol. The Morgan fingerprint density at radius 3 is 2.90 bits per heavy atom. The third-order valence-electron chi connectivity index (χ3n) is 3.41. The van der Waals surface area contributed by atoms with Crippen LogP contribution in [0.15, 0.2) is 28.7 Å². The predicted octanol–water partition coefficient (Wildman–Crippen LogP) is 2.86. The first-order valence-electron chi connectivity index (χ1n) is 6.98. The molecule has 0 spiro atoms. The number of terminal acetylenes is 1. The van der Waals surface area contributed by atoms with Gasteiger partial charge >= 0.3 is 5.97 Å². The third-order valence-corrected chi connectivity index (χ3v) is 3.87. The molecular formula is C16H19BrN2O2. The van der Waals surface area contributed by atoms with E-state index in [1.807, 2.05) is 31.0 Å². The molecular weight excluding hydrogens is 332 g/mol. The highest BCUT2D eigenvalue weighted by Gasteiger charge is 2.33. The van der Waals surface area contributed by atoms with Crippen molar-refractivity contribution in [1.29, 1.82) is 0 Å². The molecule has 1 fully saturated rings. The van der Waals surface area contributed by atoms with E-state index in [2.05, 4.69) is 26.8 Å². The molecule has 1 atom stereocenters. The summed E-state index contributed by atoms with van der Waals surface area (Å²) in [6, 6.07) is 0. The van der Waals surface area contributed by atoms with E-state index >= 15 is 0 Å². The van der Waals surface area contributed by atoms with Crippen LogP contribution in [-0.2, 0) is 9.53 Å². The maximum Gasteiger partial charge on any atom is 0.357 e. The number of halogens is 1. The van der Waals surface area contributed by atoms with Crippen LogP contribution in [0.5, 0.6) is 0 Å². The fourth-order valence-electron chi connectivity index (χ4n) is 2.09. The molecule has 0 saturated heterocycles. The van der Waals surface area contributed by atoms with Crippen LogP contribution in [-0.4, -0.2) is 34.6 Å². The van der Waals surface area contributed by atoms with Crippen molar-refractivity contribution in [2.75, 3.05) is 13.7 Å². The van der Waals surface area contributed by atoms with Gasteiger partial charge < -0.3 is 9.64 Å². The van der Waals surface area contributed by atoms with E-state index < -0.39 is 10.3 Å². The minimum Gasteiger partial charge on any atom is -0.461 e. The van der Waals surface area contributed by atoms with Crippen LogP contribution in [0.1, 0.15) is 26.7 Å². The zero-order valence-electron chi connectivity index (χ0n) is 12.5. The first-order chi connectivity index (χ1) is 9.88. The van der Waals surface area contributed by atoms with E-state index in [1.54, 1.807) is 6.92 Å². The van der Waals surface area contributed by atoms with E-state index in [-0.39, 0.29) is 0 Å². The lowest BCUT2D eigenvalue weighted by atomic mass is 10.1. The van der Waals surface area contributed by atoms with Crippen molar-refractivity contribution < 1.29 is 9.53 Å². The van der Waals surface area contributed by atoms with Crippen LogP contribution < -0.4 is 0 Å². The molecule has 1 aliphatic heterocycles. The van der Waals surface area contributed by atoms with Crippen LogP contribution in [0.3, 0.4) is 0 Å². The lowest BCUT2D eigenvalue weighted by Gasteiger charge is -2.28. The molecule has 1 saturated carbocycles. The minimum atomic E-state index is -0.605. The lowest BCUT2D eigenvalue weighted by molar-refractivity contribution is -0.134. The SMILES string of the molecule is C#CC(C)(Br)/C=C1/N=C(C(=O)OCC)C=C(C2CC2)N1C. The summed E-state index contributed by atoms with van der Waals surface area (Å²) in [5.41, 5.74) is 1.43. The summed E-state index contributed by atoms with van der Waals surface area (Å²) in [6.45, 7) is 3.98. The van der Waals surface area contributed by atoms with Crippen LogP contribution in [0, 0.1) is 18.3 Å². The second-order valence-corrected chi connectivity index (χ2v) is 6.99. The van der Waals surface area contributed by atoms with Gasteiger partial charge in [-0.1, -0.05) is 21.9 Å². The second-order valence-electron chi connectivity index (χ2n) is 5.34. The second kappa shape index (κ2) is 6.07. The average molecular weight is 351 g/mol. The van der Waals surface area contributed by atoms with Gasteiger partial charge in [0.25, 0.3) is 0 Å². The molecule has 0 bridgehead atoms. The largest absolute Gasteiger partial charge is 0.461 e. The molecule has 21 heavy (non-hydrogen) atoms. The zero-order valence-corrected chi connectivity index (χ0v) is 14.1. The number of hydrogen-bond acceptors (Lipinski definition) is 4. The predicted molar refractivity (Wildman–Crippen MR) is 86.9 cm³/mol. The number of esters is 1. The smallest absolute Gasteiger partial charge is 0.357 e. The molecule has 1 aliphatic carbocycles. The van der Waals surface area contributed by atoms with Gasteiger partial charge in [-0.2, -0.15) is 0 Å². The van der Waals surface area contributed by atoms with Gasteiger partial charge in [-0.15, -0.1) is 6.42 Å². The fraction of sp³-hybridized carbons (Fsp3) is 0.500. The minimum absolute atomic E-state index is 0.333. The number of aliphatic imine (C=N–C) groups is 1. The number of allylic oxidation sites excluding steroid dienone is 2. The Morgan fingerprint density at radius 1 is 1.71 bits per heavy atom. The molecule has 4 nitrogen and oxygen atoms in total. The maximum atomic E-state index is 12.0. The van der Waals surface area contributed by atoms with Gasteiger partial charge in [0.15, 0.2) is 5.71 Å². The summed E-state index contributed by atoms with van der Waals surface area (Å²) in [5, 5.41) is 0. The molecule has 0 N–H and O–H groups in total. The van der Waals surface area contributed by atoms with E-state index in [1.165, 1.54) is 0 Å². The fourth-order valence-corrected chi connectivity index (χ4v) is 2.30. The summed E-state index contributed by atoms with van der Waals surface area (Å²) in [5.74, 6) is 3.41. The Hall–Kier alpha value is -1.54. The Balaban J connectivity index is 2.39. The number of hydrogen-bond donors (Lipinski definition) is 0. The lowest BCUT2D eigenvalue weighted by Crippen LogP contribution is -2.29. The van der Waals surface area contributed by atoms with Crippen LogP contribution in [0.25, 0.3) is 0 Å². The van der Waals surface area contributed by atoms with Crippen LogP contribution >= 0.6 is 15.9 Å². The van der Waals surface area contributed by atoms with E-state index in [9.17, 15) is 4.79 Å². The van der Waals surface area contributed by atoms with Crippen LogP contribution in [0.2, 0.25) is 0 Å². The molecule has 0 radical (unpaired) electrons. The van der Waals surface area contributed by atoms with Crippen molar-refractivity contribution in [3.05, 3.63) is 23.7 Å². The van der Waals surface area contributed by atoms with E-state index in [0.29, 0.717) is 24.1 Å². The number of ether oxygens (including phenoxy) is 1. The molecule has 1 heterocycles. The number of alkyl halides is 1. The van der Waals surface area contributed by atoms with Gasteiger partial charge in [-0.25, -0.2) is 9.79 Å². The number of carbonyl (C=O) groups excluding carboxylic acids is 1. The summed E-state index contributed by atoms with van der Waals surface area (Å²) in [7, 11) is 1.95. The maximum absolute atomic E-state index is 12.0. The molecule has 1 unspecified atom stereocenters. The number of carbonyl (C=O) groups is 1. The van der Waals surface area contributed by atoms with Gasteiger partial charge in [-0.3, -0.25) is 0 Å². The van der Waals surface area contributed by atoms with Gasteiger partial charge in [0, 0.05) is 12.7 Å². The van der Waals surface area contributed by atoms with Crippen molar-refractivity contribution >= 4 is 27.6 Å². The standard InChI is InChI=1S/C16H19BrN2O2/c1-5-16(3,17)10-14-18-12(15(20)21-6-2)9-13(19(14)4)11-7-8-11/h1,9-11H,6-8H2,2-4H3/b14-10-. The molecule has 0 aromatic carbocycles. The highest BCUT2D eigenvalue weighted by atomic mass is 79.9. The average Bonchev–Trinajstić information content (AvgIpc) is 3.25. The number of nitrogens with zero attached hydrogens (tertiary/aromatic N) is 2. The van der Waals surface area contributed by atoms with Crippen molar-refractivity contribution in [3.8, 4) is 12.3 Å². The van der Waals surface area contributed by atoms with Crippen LogP contribution in [0.4, 0.5) is 0 Å². The van der Waals surface area contributed by atoms with E-state index in [0.717, 1.165) is 18.5 Å². The van der Waals surface area contributed by atoms with Crippen molar-refractivity contribution in [2.24, 2.45) is 10.9 Å². The summed E-state index contributed by atoms with van der Waals surface area (Å²) in [4.78, 5) is 18.4. The third kappa shape index (κ3) is 3.76. The quantitative estimate of drug-likeness (QED) is 0.444. The highest BCUT2D eigenvalue weighted by molar-refractivity contribution is 9.10. The zero-order chi connectivity index (χ0) is 15.6. The Labute approximate surface area is 134 Å². The molecule has 112 valence electrons. The molecule has 2 rings (SSSR count). The molecule has 0 amide bonds. The number of rotatable bonds is 4. The summed E-state index contributed by atoms with van der Waals surface area (Å²) in [6.07, 6.45) is 11.4. The van der Waals surface area contributed by atoms with Crippen molar-refractivity contribution in [3.63, 3.8) is 0 Å². The Kier molecular flexibility index (Phi) is 4.58. The Morgan fingerprint density at radius 2 is 2.38 bits per heavy atom. The first kappa shape index (κ1) is 15.8. The van der Waals surface area contributed by atoms with Gasteiger partial charge in [0.05, 0.1) is 6.61 Å². The summed E-state index contributed by atoms with van der Waals surface area (Å²) >= 11 is 3.46. The van der Waals surface area contributed by atoms with Crippen molar-refractivity contribution in [2.45, 2.75) is 31.0 Å². The normalized spacial score (nSPS) is 23.0. The van der Waals surface area contributed by atoms with Crippen molar-refractivity contribution in [1.82, 2.24) is 4.90 Å². The topological polar surface area (TPSA) is 41.9 Å². The Bertz CT molecular complexity index is 578. The molecule has 5 heteroatoms. The molecule has 0 aromatic heterocycles. The van der Waals surface area contributed by atoms with Gasteiger partial charge in [0.2, 0.25) is 0 Å².